The van der Waals surface area contributed by atoms with Crippen molar-refractivity contribution < 1.29 is 4.79 Å². The average molecular weight is 271 g/mol. The van der Waals surface area contributed by atoms with E-state index in [2.05, 4.69) is 22.9 Å². The molecule has 0 unspecified atom stereocenters. The van der Waals surface area contributed by atoms with Gasteiger partial charge in [0.2, 0.25) is 0 Å². The molecule has 0 saturated carbocycles. The number of hydrogen-bond acceptors (Lipinski definition) is 2. The van der Waals surface area contributed by atoms with Crippen LogP contribution in [0, 0.1) is 6.92 Å². The van der Waals surface area contributed by atoms with E-state index in [1.54, 1.807) is 0 Å². The quantitative estimate of drug-likeness (QED) is 0.910. The molecular weight excluding hydrogens is 250 g/mol. The van der Waals surface area contributed by atoms with Crippen LogP contribution in [-0.4, -0.2) is 53.4 Å². The molecule has 1 fully saturated rings. The summed E-state index contributed by atoms with van der Waals surface area (Å²) in [5.41, 5.74) is 2.85. The van der Waals surface area contributed by atoms with Crippen LogP contribution in [0.5, 0.6) is 0 Å². The maximum atomic E-state index is 12.7. The van der Waals surface area contributed by atoms with Crippen LogP contribution >= 0.6 is 0 Å². The van der Waals surface area contributed by atoms with Gasteiger partial charge in [-0.15, -0.1) is 0 Å². The topological polar surface area (TPSA) is 39.3 Å². The number of nitrogens with zero attached hydrogens (tertiary/aromatic N) is 2. The Bertz CT molecular complexity index is 624. The fourth-order valence-electron chi connectivity index (χ4n) is 2.92. The Morgan fingerprint density at radius 2 is 1.90 bits per heavy atom. The first kappa shape index (κ1) is 13.2. The monoisotopic (exact) mass is 271 g/mol. The van der Waals surface area contributed by atoms with Crippen molar-refractivity contribution in [2.75, 3.05) is 32.7 Å². The van der Waals surface area contributed by atoms with E-state index in [1.807, 2.05) is 30.0 Å². The van der Waals surface area contributed by atoms with E-state index in [0.717, 1.165) is 54.9 Å². The van der Waals surface area contributed by atoms with Gasteiger partial charge in [0.25, 0.3) is 5.91 Å². The Hall–Kier alpha value is -1.81. The Kier molecular flexibility index (Phi) is 3.49. The number of fused-ring (bicyclic) bond motifs is 1. The summed E-state index contributed by atoms with van der Waals surface area (Å²) in [6, 6.07) is 8.09. The SMILES string of the molecule is CCN1CCN(C(=O)c2[nH]c3ccccc3c2C)CC1. The Morgan fingerprint density at radius 3 is 2.55 bits per heavy atom. The number of carbonyl (C=O) groups excluding carboxylic acids is 1. The van der Waals surface area contributed by atoms with Crippen LogP contribution in [0.25, 0.3) is 10.9 Å². The molecule has 0 bridgehead atoms. The molecule has 1 aliphatic heterocycles. The third kappa shape index (κ3) is 2.20. The predicted molar refractivity (Wildman–Crippen MR) is 81.1 cm³/mol. The van der Waals surface area contributed by atoms with Gasteiger partial charge in [-0.2, -0.15) is 0 Å². The fourth-order valence-corrected chi connectivity index (χ4v) is 2.92. The highest BCUT2D eigenvalue weighted by molar-refractivity contribution is 6.00. The number of piperazine rings is 1. The van der Waals surface area contributed by atoms with Crippen LogP contribution in [0.1, 0.15) is 23.0 Å². The Labute approximate surface area is 119 Å². The minimum Gasteiger partial charge on any atom is -0.350 e. The van der Waals surface area contributed by atoms with Crippen molar-refractivity contribution in [2.45, 2.75) is 13.8 Å². The Morgan fingerprint density at radius 1 is 1.20 bits per heavy atom. The molecule has 4 heteroatoms. The van der Waals surface area contributed by atoms with Crippen molar-refractivity contribution in [1.82, 2.24) is 14.8 Å². The second kappa shape index (κ2) is 5.29. The normalized spacial score (nSPS) is 16.8. The summed E-state index contributed by atoms with van der Waals surface area (Å²) in [6.07, 6.45) is 0. The maximum absolute atomic E-state index is 12.7. The molecule has 0 radical (unpaired) electrons. The van der Waals surface area contributed by atoms with Gasteiger partial charge < -0.3 is 14.8 Å². The second-order valence-corrected chi connectivity index (χ2v) is 5.40. The summed E-state index contributed by atoms with van der Waals surface area (Å²) in [5.74, 6) is 0.134. The zero-order valence-electron chi connectivity index (χ0n) is 12.1. The number of H-pyrrole nitrogens is 1. The van der Waals surface area contributed by atoms with Crippen LogP contribution in [0.3, 0.4) is 0 Å². The number of carbonyl (C=O) groups is 1. The first-order chi connectivity index (χ1) is 9.70. The lowest BCUT2D eigenvalue weighted by Crippen LogP contribution is -2.48. The number of benzene rings is 1. The summed E-state index contributed by atoms with van der Waals surface area (Å²) in [7, 11) is 0. The number of para-hydroxylation sites is 1. The number of amides is 1. The lowest BCUT2D eigenvalue weighted by Gasteiger charge is -2.33. The Balaban J connectivity index is 1.84. The summed E-state index contributed by atoms with van der Waals surface area (Å²) >= 11 is 0. The van der Waals surface area contributed by atoms with Crippen molar-refractivity contribution in [3.05, 3.63) is 35.5 Å². The van der Waals surface area contributed by atoms with Gasteiger partial charge in [0.05, 0.1) is 0 Å². The summed E-state index contributed by atoms with van der Waals surface area (Å²) in [4.78, 5) is 20.3. The number of aromatic nitrogens is 1. The van der Waals surface area contributed by atoms with E-state index in [-0.39, 0.29) is 5.91 Å². The van der Waals surface area contributed by atoms with E-state index in [9.17, 15) is 4.79 Å². The van der Waals surface area contributed by atoms with Gasteiger partial charge in [-0.25, -0.2) is 0 Å². The van der Waals surface area contributed by atoms with Crippen molar-refractivity contribution >= 4 is 16.8 Å². The highest BCUT2D eigenvalue weighted by Gasteiger charge is 2.24. The molecule has 1 aromatic heterocycles. The van der Waals surface area contributed by atoms with Gasteiger partial charge in [0.15, 0.2) is 0 Å². The molecule has 2 heterocycles. The number of aryl methyl sites for hydroxylation is 1. The van der Waals surface area contributed by atoms with E-state index in [4.69, 9.17) is 0 Å². The first-order valence-electron chi connectivity index (χ1n) is 7.29. The van der Waals surface area contributed by atoms with E-state index in [1.165, 1.54) is 0 Å². The smallest absolute Gasteiger partial charge is 0.270 e. The minimum atomic E-state index is 0.134. The summed E-state index contributed by atoms with van der Waals surface area (Å²) in [6.45, 7) is 8.84. The van der Waals surface area contributed by atoms with Gasteiger partial charge in [0.1, 0.15) is 5.69 Å². The third-order valence-corrected chi connectivity index (χ3v) is 4.29. The van der Waals surface area contributed by atoms with E-state index >= 15 is 0 Å². The molecule has 20 heavy (non-hydrogen) atoms. The molecule has 0 atom stereocenters. The molecule has 1 aliphatic rings. The van der Waals surface area contributed by atoms with Gasteiger partial charge in [-0.3, -0.25) is 4.79 Å². The lowest BCUT2D eigenvalue weighted by molar-refractivity contribution is 0.0638. The summed E-state index contributed by atoms with van der Waals surface area (Å²) in [5, 5.41) is 1.14. The van der Waals surface area contributed by atoms with Crippen LogP contribution in [0.4, 0.5) is 0 Å². The van der Waals surface area contributed by atoms with Crippen molar-refractivity contribution in [1.29, 1.82) is 0 Å². The molecule has 0 spiro atoms. The number of rotatable bonds is 2. The van der Waals surface area contributed by atoms with Crippen molar-refractivity contribution in [2.24, 2.45) is 0 Å². The van der Waals surface area contributed by atoms with Crippen molar-refractivity contribution in [3.63, 3.8) is 0 Å². The fraction of sp³-hybridized carbons (Fsp3) is 0.438. The molecule has 2 aromatic rings. The molecule has 106 valence electrons. The predicted octanol–water partition coefficient (Wildman–Crippen LogP) is 2.25. The average Bonchev–Trinajstić information content (AvgIpc) is 2.84. The zero-order valence-corrected chi connectivity index (χ0v) is 12.1. The van der Waals surface area contributed by atoms with Crippen LogP contribution < -0.4 is 0 Å². The maximum Gasteiger partial charge on any atom is 0.270 e. The van der Waals surface area contributed by atoms with Gasteiger partial charge in [-0.1, -0.05) is 25.1 Å². The highest BCUT2D eigenvalue weighted by Crippen LogP contribution is 2.22. The molecule has 1 amide bonds. The van der Waals surface area contributed by atoms with Crippen molar-refractivity contribution in [3.8, 4) is 0 Å². The van der Waals surface area contributed by atoms with E-state index in [0.29, 0.717) is 0 Å². The summed E-state index contributed by atoms with van der Waals surface area (Å²) < 4.78 is 0. The molecule has 1 aromatic carbocycles. The highest BCUT2D eigenvalue weighted by atomic mass is 16.2. The van der Waals surface area contributed by atoms with Gasteiger partial charge in [-0.05, 0) is 25.1 Å². The van der Waals surface area contributed by atoms with Gasteiger partial charge >= 0.3 is 0 Å². The molecule has 1 N–H and O–H groups in total. The second-order valence-electron chi connectivity index (χ2n) is 5.40. The molecule has 0 aliphatic carbocycles. The number of hydrogen-bond donors (Lipinski definition) is 1. The minimum absolute atomic E-state index is 0.134. The molecule has 3 rings (SSSR count). The number of likely N-dealkylation sites (N-methyl/N-ethyl adjacent to an activating group) is 1. The molecule has 4 nitrogen and oxygen atoms in total. The lowest BCUT2D eigenvalue weighted by atomic mass is 10.1. The van der Waals surface area contributed by atoms with E-state index < -0.39 is 0 Å². The largest absolute Gasteiger partial charge is 0.350 e. The first-order valence-corrected chi connectivity index (χ1v) is 7.29. The zero-order chi connectivity index (χ0) is 14.1. The third-order valence-electron chi connectivity index (χ3n) is 4.29. The molecular formula is C16H21N3O. The van der Waals surface area contributed by atoms with Crippen LogP contribution in [0.2, 0.25) is 0 Å². The standard InChI is InChI=1S/C16H21N3O/c1-3-18-8-10-19(11-9-18)16(20)15-12(2)13-6-4-5-7-14(13)17-15/h4-7,17H,3,8-11H2,1-2H3. The molecule has 1 saturated heterocycles. The number of aromatic amines is 1. The number of nitrogens with one attached hydrogen (secondary N) is 1. The van der Waals surface area contributed by atoms with Crippen LogP contribution in [-0.2, 0) is 0 Å². The van der Waals surface area contributed by atoms with Gasteiger partial charge in [0, 0.05) is 37.1 Å². The van der Waals surface area contributed by atoms with Crippen LogP contribution in [0.15, 0.2) is 24.3 Å².